The maximum absolute atomic E-state index is 12.4. The Kier molecular flexibility index (Phi) is 8.87. The van der Waals surface area contributed by atoms with Crippen LogP contribution in [0.3, 0.4) is 0 Å². The van der Waals surface area contributed by atoms with Crippen LogP contribution in [0.4, 0.5) is 5.69 Å². The first-order chi connectivity index (χ1) is 14.4. The number of halogens is 1. The third-order valence-corrected chi connectivity index (χ3v) is 4.59. The van der Waals surface area contributed by atoms with Crippen molar-refractivity contribution >= 4 is 29.3 Å². The monoisotopic (exact) mass is 433 g/mol. The predicted octanol–water partition coefficient (Wildman–Crippen LogP) is 5.44. The smallest absolute Gasteiger partial charge is 0.248 e. The molecule has 1 N–H and O–H groups in total. The van der Waals surface area contributed by atoms with E-state index >= 15 is 0 Å². The summed E-state index contributed by atoms with van der Waals surface area (Å²) in [6.45, 7) is 4.92. The second-order valence-corrected chi connectivity index (χ2v) is 7.36. The number of hydrogen-bond donors (Lipinski definition) is 1. The Balaban J connectivity index is 2.09. The van der Waals surface area contributed by atoms with Crippen LogP contribution in [-0.4, -0.2) is 33.8 Å². The van der Waals surface area contributed by atoms with Gasteiger partial charge < -0.3 is 24.3 Å². The molecule has 0 unspecified atom stereocenters. The first kappa shape index (κ1) is 23.4. The van der Waals surface area contributed by atoms with Gasteiger partial charge in [0, 0.05) is 18.2 Å². The van der Waals surface area contributed by atoms with Crippen LogP contribution in [0, 0.1) is 5.92 Å². The third-order valence-electron chi connectivity index (χ3n) is 4.30. The van der Waals surface area contributed by atoms with Crippen molar-refractivity contribution in [3.8, 4) is 23.0 Å². The number of carbonyl (C=O) groups is 1. The largest absolute Gasteiger partial charge is 0.495 e. The number of nitrogens with one attached hydrogen (secondary N) is 1. The molecule has 0 radical (unpaired) electrons. The molecule has 0 atom stereocenters. The van der Waals surface area contributed by atoms with Crippen LogP contribution in [0.15, 0.2) is 36.4 Å². The predicted molar refractivity (Wildman–Crippen MR) is 120 cm³/mol. The highest BCUT2D eigenvalue weighted by atomic mass is 35.5. The molecule has 0 saturated heterocycles. The topological polar surface area (TPSA) is 66.0 Å². The van der Waals surface area contributed by atoms with Crippen LogP contribution in [0.2, 0.25) is 5.02 Å². The van der Waals surface area contributed by atoms with Gasteiger partial charge in [0.2, 0.25) is 5.91 Å². The van der Waals surface area contributed by atoms with Crippen molar-refractivity contribution in [2.75, 3.05) is 33.3 Å². The fourth-order valence-electron chi connectivity index (χ4n) is 2.62. The van der Waals surface area contributed by atoms with Gasteiger partial charge in [-0.3, -0.25) is 4.79 Å². The Labute approximate surface area is 182 Å². The second kappa shape index (κ2) is 11.4. The normalized spacial score (nSPS) is 10.9. The summed E-state index contributed by atoms with van der Waals surface area (Å²) in [4.78, 5) is 12.4. The molecule has 0 aromatic heterocycles. The van der Waals surface area contributed by atoms with Crippen molar-refractivity contribution in [3.63, 3.8) is 0 Å². The van der Waals surface area contributed by atoms with E-state index < -0.39 is 0 Å². The van der Waals surface area contributed by atoms with Gasteiger partial charge in [0.05, 0.1) is 38.6 Å². The number of carbonyl (C=O) groups excluding carboxylic acids is 1. The Morgan fingerprint density at radius 1 is 1.00 bits per heavy atom. The molecule has 7 heteroatoms. The van der Waals surface area contributed by atoms with Crippen LogP contribution >= 0.6 is 11.6 Å². The lowest BCUT2D eigenvalue weighted by molar-refractivity contribution is -0.111. The van der Waals surface area contributed by atoms with Gasteiger partial charge >= 0.3 is 0 Å². The average Bonchev–Trinajstić information content (AvgIpc) is 2.73. The summed E-state index contributed by atoms with van der Waals surface area (Å²) < 4.78 is 21.7. The van der Waals surface area contributed by atoms with E-state index in [4.69, 9.17) is 30.5 Å². The molecule has 0 heterocycles. The van der Waals surface area contributed by atoms with Gasteiger partial charge in [-0.25, -0.2) is 0 Å². The second-order valence-electron chi connectivity index (χ2n) is 6.95. The molecule has 2 aromatic carbocycles. The molecule has 2 aromatic rings. The average molecular weight is 434 g/mol. The van der Waals surface area contributed by atoms with Crippen LogP contribution in [0.1, 0.15) is 25.8 Å². The fraction of sp³-hybridized carbons (Fsp3) is 0.348. The number of hydrogen-bond acceptors (Lipinski definition) is 5. The zero-order valence-electron chi connectivity index (χ0n) is 18.0. The Bertz CT molecular complexity index is 895. The zero-order valence-corrected chi connectivity index (χ0v) is 18.7. The Morgan fingerprint density at radius 3 is 2.33 bits per heavy atom. The minimum absolute atomic E-state index is 0.325. The van der Waals surface area contributed by atoms with Crippen LogP contribution < -0.4 is 24.3 Å². The lowest BCUT2D eigenvalue weighted by atomic mass is 10.1. The fourth-order valence-corrected chi connectivity index (χ4v) is 2.85. The maximum atomic E-state index is 12.4. The van der Waals surface area contributed by atoms with E-state index in [1.807, 2.05) is 18.2 Å². The van der Waals surface area contributed by atoms with E-state index in [0.29, 0.717) is 46.2 Å². The molecule has 0 aliphatic carbocycles. The third kappa shape index (κ3) is 6.59. The van der Waals surface area contributed by atoms with Gasteiger partial charge in [-0.05, 0) is 36.1 Å². The number of anilines is 1. The highest BCUT2D eigenvalue weighted by Crippen LogP contribution is 2.36. The highest BCUT2D eigenvalue weighted by molar-refractivity contribution is 6.32. The standard InChI is InChI=1S/C23H28ClNO5/c1-15(2)10-11-30-19-8-6-16(12-22(19)29-5)7-9-23(26)25-18-14-20(27-3)17(24)13-21(18)28-4/h6-9,12-15H,10-11H2,1-5H3,(H,25,26)/b9-7+. The molecule has 162 valence electrons. The summed E-state index contributed by atoms with van der Waals surface area (Å²) in [6.07, 6.45) is 4.08. The number of methoxy groups -OCH3 is 3. The molecule has 1 amide bonds. The van der Waals surface area contributed by atoms with Gasteiger partial charge in [0.1, 0.15) is 11.5 Å². The summed E-state index contributed by atoms with van der Waals surface area (Å²) in [5.41, 5.74) is 1.26. The summed E-state index contributed by atoms with van der Waals surface area (Å²) in [5.74, 6) is 2.41. The van der Waals surface area contributed by atoms with Gasteiger partial charge in [-0.1, -0.05) is 31.5 Å². The highest BCUT2D eigenvalue weighted by Gasteiger charge is 2.12. The number of ether oxygens (including phenoxy) is 4. The van der Waals surface area contributed by atoms with E-state index in [-0.39, 0.29) is 5.91 Å². The first-order valence-corrected chi connectivity index (χ1v) is 9.97. The molecular formula is C23H28ClNO5. The van der Waals surface area contributed by atoms with Crippen molar-refractivity contribution in [3.05, 3.63) is 47.0 Å². The zero-order chi connectivity index (χ0) is 22.1. The van der Waals surface area contributed by atoms with E-state index in [2.05, 4.69) is 19.2 Å². The minimum atomic E-state index is -0.325. The number of amides is 1. The van der Waals surface area contributed by atoms with Gasteiger partial charge in [-0.2, -0.15) is 0 Å². The SMILES string of the molecule is COc1cc(NC(=O)/C=C/c2ccc(OCCC(C)C)c(OC)c2)c(OC)cc1Cl. The Hall–Kier alpha value is -2.86. The summed E-state index contributed by atoms with van der Waals surface area (Å²) in [6, 6.07) is 8.72. The molecule has 0 spiro atoms. The van der Waals surface area contributed by atoms with Gasteiger partial charge in [0.15, 0.2) is 11.5 Å². The van der Waals surface area contributed by atoms with Gasteiger partial charge in [0.25, 0.3) is 0 Å². The lowest BCUT2D eigenvalue weighted by Gasteiger charge is -2.13. The summed E-state index contributed by atoms with van der Waals surface area (Å²) >= 11 is 6.09. The van der Waals surface area contributed by atoms with Crippen LogP contribution in [-0.2, 0) is 4.79 Å². The molecule has 30 heavy (non-hydrogen) atoms. The quantitative estimate of drug-likeness (QED) is 0.505. The van der Waals surface area contributed by atoms with E-state index in [1.54, 1.807) is 25.3 Å². The molecule has 0 fully saturated rings. The van der Waals surface area contributed by atoms with Gasteiger partial charge in [-0.15, -0.1) is 0 Å². The van der Waals surface area contributed by atoms with E-state index in [9.17, 15) is 4.79 Å². The minimum Gasteiger partial charge on any atom is -0.495 e. The molecule has 2 rings (SSSR count). The van der Waals surface area contributed by atoms with E-state index in [0.717, 1.165) is 12.0 Å². The van der Waals surface area contributed by atoms with Crippen LogP contribution in [0.5, 0.6) is 23.0 Å². The lowest BCUT2D eigenvalue weighted by Crippen LogP contribution is -2.09. The molecule has 6 nitrogen and oxygen atoms in total. The molecule has 0 bridgehead atoms. The summed E-state index contributed by atoms with van der Waals surface area (Å²) in [7, 11) is 4.59. The van der Waals surface area contributed by atoms with Crippen molar-refractivity contribution in [2.24, 2.45) is 5.92 Å². The van der Waals surface area contributed by atoms with Crippen molar-refractivity contribution < 1.29 is 23.7 Å². The van der Waals surface area contributed by atoms with E-state index in [1.165, 1.54) is 20.3 Å². The van der Waals surface area contributed by atoms with Crippen molar-refractivity contribution in [2.45, 2.75) is 20.3 Å². The Morgan fingerprint density at radius 2 is 1.70 bits per heavy atom. The first-order valence-electron chi connectivity index (χ1n) is 9.59. The number of rotatable bonds is 10. The number of benzene rings is 2. The molecular weight excluding hydrogens is 406 g/mol. The molecule has 0 saturated carbocycles. The molecule has 0 aliphatic rings. The molecule has 0 aliphatic heterocycles. The van der Waals surface area contributed by atoms with Crippen LogP contribution in [0.25, 0.3) is 6.08 Å². The maximum Gasteiger partial charge on any atom is 0.248 e. The van der Waals surface area contributed by atoms with Crippen molar-refractivity contribution in [1.29, 1.82) is 0 Å². The van der Waals surface area contributed by atoms with Crippen molar-refractivity contribution in [1.82, 2.24) is 0 Å². The summed E-state index contributed by atoms with van der Waals surface area (Å²) in [5, 5.41) is 3.16.